The molecule has 1 heterocycles. The Bertz CT molecular complexity index is 979. The zero-order chi connectivity index (χ0) is 17.8. The zero-order valence-electron chi connectivity index (χ0n) is 13.6. The van der Waals surface area contributed by atoms with Gasteiger partial charge in [0, 0.05) is 29.4 Å². The van der Waals surface area contributed by atoms with E-state index in [1.807, 2.05) is 30.3 Å². The highest BCUT2D eigenvalue weighted by Gasteiger charge is 2.16. The molecule has 5 heteroatoms. The molecule has 0 bridgehead atoms. The molecule has 1 aromatic heterocycles. The fourth-order valence-corrected chi connectivity index (χ4v) is 2.61. The lowest BCUT2D eigenvalue weighted by Gasteiger charge is -2.10. The largest absolute Gasteiger partial charge is 0.495 e. The van der Waals surface area contributed by atoms with Crippen LogP contribution >= 0.6 is 0 Å². The molecule has 0 fully saturated rings. The van der Waals surface area contributed by atoms with Gasteiger partial charge in [-0.25, -0.2) is 0 Å². The van der Waals surface area contributed by atoms with Gasteiger partial charge in [-0.3, -0.25) is 14.6 Å². The molecule has 5 nitrogen and oxygen atoms in total. The van der Waals surface area contributed by atoms with E-state index >= 15 is 0 Å². The maximum absolute atomic E-state index is 12.6. The molecule has 0 atom stereocenters. The van der Waals surface area contributed by atoms with Crippen LogP contribution in [0.5, 0.6) is 5.75 Å². The summed E-state index contributed by atoms with van der Waals surface area (Å²) in [5.41, 5.74) is 6.42. The van der Waals surface area contributed by atoms with Gasteiger partial charge in [0.1, 0.15) is 5.75 Å². The van der Waals surface area contributed by atoms with E-state index in [4.69, 9.17) is 10.5 Å². The SMILES string of the molecule is COc1c(C(=O)/C=C(\N)C(=O)c2ccncc2)ccc2ccccc12. The van der Waals surface area contributed by atoms with Crippen molar-refractivity contribution in [3.63, 3.8) is 0 Å². The quantitative estimate of drug-likeness (QED) is 0.573. The maximum atomic E-state index is 12.6. The van der Waals surface area contributed by atoms with Crippen LogP contribution in [0.2, 0.25) is 0 Å². The number of nitrogens with two attached hydrogens (primary N) is 1. The van der Waals surface area contributed by atoms with E-state index in [2.05, 4.69) is 4.98 Å². The number of rotatable bonds is 5. The summed E-state index contributed by atoms with van der Waals surface area (Å²) < 4.78 is 5.42. The van der Waals surface area contributed by atoms with Crippen molar-refractivity contribution in [2.24, 2.45) is 5.73 Å². The number of carbonyl (C=O) groups excluding carboxylic acids is 2. The molecule has 124 valence electrons. The third-order valence-electron chi connectivity index (χ3n) is 3.84. The van der Waals surface area contributed by atoms with Crippen LogP contribution in [0.4, 0.5) is 0 Å². The van der Waals surface area contributed by atoms with Gasteiger partial charge in [0.05, 0.1) is 18.4 Å². The van der Waals surface area contributed by atoms with E-state index in [0.29, 0.717) is 16.9 Å². The first-order valence-corrected chi connectivity index (χ1v) is 7.64. The molecule has 0 aliphatic rings. The Balaban J connectivity index is 1.98. The Morgan fingerprint density at radius 1 is 1.04 bits per heavy atom. The number of allylic oxidation sites excluding steroid dienone is 2. The molecule has 0 saturated carbocycles. The van der Waals surface area contributed by atoms with Crippen LogP contribution in [-0.2, 0) is 0 Å². The van der Waals surface area contributed by atoms with Crippen molar-refractivity contribution in [2.45, 2.75) is 0 Å². The zero-order valence-corrected chi connectivity index (χ0v) is 13.6. The van der Waals surface area contributed by atoms with E-state index in [1.54, 1.807) is 18.2 Å². The van der Waals surface area contributed by atoms with Gasteiger partial charge in [0.2, 0.25) is 5.78 Å². The number of hydrogen-bond donors (Lipinski definition) is 1. The molecule has 0 aliphatic carbocycles. The van der Waals surface area contributed by atoms with Gasteiger partial charge in [-0.2, -0.15) is 0 Å². The number of fused-ring (bicyclic) bond motifs is 1. The summed E-state index contributed by atoms with van der Waals surface area (Å²) in [5, 5.41) is 1.78. The highest BCUT2D eigenvalue weighted by atomic mass is 16.5. The highest BCUT2D eigenvalue weighted by Crippen LogP contribution is 2.30. The van der Waals surface area contributed by atoms with Crippen LogP contribution in [0, 0.1) is 0 Å². The minimum Gasteiger partial charge on any atom is -0.495 e. The summed E-state index contributed by atoms with van der Waals surface area (Å²) >= 11 is 0. The molecule has 3 aromatic rings. The maximum Gasteiger partial charge on any atom is 0.208 e. The van der Waals surface area contributed by atoms with Crippen LogP contribution in [0.3, 0.4) is 0 Å². The second kappa shape index (κ2) is 6.97. The molecule has 0 radical (unpaired) electrons. The molecule has 0 unspecified atom stereocenters. The Hall–Kier alpha value is -3.47. The number of aromatic nitrogens is 1. The van der Waals surface area contributed by atoms with Crippen LogP contribution in [-0.4, -0.2) is 23.7 Å². The van der Waals surface area contributed by atoms with Crippen LogP contribution in [0.25, 0.3) is 10.8 Å². The average Bonchev–Trinajstić information content (AvgIpc) is 2.66. The molecular weight excluding hydrogens is 316 g/mol. The number of methoxy groups -OCH3 is 1. The van der Waals surface area contributed by atoms with Crippen molar-refractivity contribution in [1.29, 1.82) is 0 Å². The van der Waals surface area contributed by atoms with E-state index < -0.39 is 5.78 Å². The lowest BCUT2D eigenvalue weighted by atomic mass is 10.0. The minimum absolute atomic E-state index is 0.133. The number of ether oxygens (including phenoxy) is 1. The Morgan fingerprint density at radius 2 is 1.76 bits per heavy atom. The number of hydrogen-bond acceptors (Lipinski definition) is 5. The van der Waals surface area contributed by atoms with E-state index in [1.165, 1.54) is 19.5 Å². The second-order valence-electron chi connectivity index (χ2n) is 5.40. The fraction of sp³-hybridized carbons (Fsp3) is 0.0500. The van der Waals surface area contributed by atoms with Gasteiger partial charge in [-0.05, 0) is 23.6 Å². The number of benzene rings is 2. The average molecular weight is 332 g/mol. The molecule has 2 aromatic carbocycles. The Morgan fingerprint density at radius 3 is 2.48 bits per heavy atom. The number of pyridine rings is 1. The standard InChI is InChI=1S/C20H16N2O3/c1-25-20-15-5-3-2-4-13(15)6-7-16(20)18(23)12-17(21)19(24)14-8-10-22-11-9-14/h2-12H,21H2,1H3/b17-12-. The smallest absolute Gasteiger partial charge is 0.208 e. The monoisotopic (exact) mass is 332 g/mol. The molecular formula is C20H16N2O3. The van der Waals surface area contributed by atoms with Gasteiger partial charge in [-0.1, -0.05) is 30.3 Å². The Labute approximate surface area is 144 Å². The van der Waals surface area contributed by atoms with Gasteiger partial charge >= 0.3 is 0 Å². The normalized spacial score (nSPS) is 11.3. The third-order valence-corrected chi connectivity index (χ3v) is 3.84. The predicted molar refractivity (Wildman–Crippen MR) is 95.7 cm³/mol. The van der Waals surface area contributed by atoms with Gasteiger partial charge in [0.15, 0.2) is 5.78 Å². The summed E-state index contributed by atoms with van der Waals surface area (Å²) in [6.07, 6.45) is 4.12. The number of carbonyl (C=O) groups is 2. The molecule has 2 N–H and O–H groups in total. The molecule has 0 aliphatic heterocycles. The van der Waals surface area contributed by atoms with Crippen molar-refractivity contribution in [1.82, 2.24) is 4.98 Å². The Kier molecular flexibility index (Phi) is 4.57. The molecule has 0 amide bonds. The summed E-state index contributed by atoms with van der Waals surface area (Å²) in [5.74, 6) is -0.346. The lowest BCUT2D eigenvalue weighted by molar-refractivity contribution is 0.101. The highest BCUT2D eigenvalue weighted by molar-refractivity contribution is 6.16. The van der Waals surface area contributed by atoms with Crippen molar-refractivity contribution in [3.05, 3.63) is 83.8 Å². The molecule has 3 rings (SSSR count). The predicted octanol–water partition coefficient (Wildman–Crippen LogP) is 3.15. The van der Waals surface area contributed by atoms with Crippen LogP contribution < -0.4 is 10.5 Å². The topological polar surface area (TPSA) is 82.3 Å². The summed E-state index contributed by atoms with van der Waals surface area (Å²) in [6.45, 7) is 0. The first kappa shape index (κ1) is 16.4. The van der Waals surface area contributed by atoms with Crippen molar-refractivity contribution < 1.29 is 14.3 Å². The first-order chi connectivity index (χ1) is 12.1. The summed E-state index contributed by atoms with van der Waals surface area (Å²) in [6, 6.07) is 14.2. The number of nitrogens with zero attached hydrogens (tertiary/aromatic N) is 1. The lowest BCUT2D eigenvalue weighted by Crippen LogP contribution is -2.14. The fourth-order valence-electron chi connectivity index (χ4n) is 2.61. The van der Waals surface area contributed by atoms with Crippen molar-refractivity contribution >= 4 is 22.3 Å². The first-order valence-electron chi connectivity index (χ1n) is 7.64. The number of Topliss-reactive ketones (excluding diaryl/α,β-unsaturated/α-hetero) is 1. The van der Waals surface area contributed by atoms with Crippen molar-refractivity contribution in [3.8, 4) is 5.75 Å². The van der Waals surface area contributed by atoms with Crippen LogP contribution in [0.15, 0.2) is 72.7 Å². The second-order valence-corrected chi connectivity index (χ2v) is 5.40. The number of ketones is 2. The van der Waals surface area contributed by atoms with E-state index in [0.717, 1.165) is 16.8 Å². The summed E-state index contributed by atoms with van der Waals surface area (Å²) in [7, 11) is 1.51. The van der Waals surface area contributed by atoms with Gasteiger partial charge in [-0.15, -0.1) is 0 Å². The third kappa shape index (κ3) is 3.26. The van der Waals surface area contributed by atoms with E-state index in [-0.39, 0.29) is 11.5 Å². The molecule has 0 saturated heterocycles. The van der Waals surface area contributed by atoms with Crippen LogP contribution in [0.1, 0.15) is 20.7 Å². The van der Waals surface area contributed by atoms with E-state index in [9.17, 15) is 9.59 Å². The van der Waals surface area contributed by atoms with Crippen molar-refractivity contribution in [2.75, 3.05) is 7.11 Å². The van der Waals surface area contributed by atoms with Gasteiger partial charge in [0.25, 0.3) is 0 Å². The molecule has 0 spiro atoms. The summed E-state index contributed by atoms with van der Waals surface area (Å²) in [4.78, 5) is 28.7. The van der Waals surface area contributed by atoms with Gasteiger partial charge < -0.3 is 10.5 Å². The molecule has 25 heavy (non-hydrogen) atoms. The minimum atomic E-state index is -0.421.